The summed E-state index contributed by atoms with van der Waals surface area (Å²) in [4.78, 5) is 14.6. The zero-order chi connectivity index (χ0) is 27.2. The molecule has 0 aliphatic carbocycles. The molecule has 7 aromatic rings. The zero-order valence-corrected chi connectivity index (χ0v) is 22.0. The highest BCUT2D eigenvalue weighted by molar-refractivity contribution is 5.96. The molecule has 194 valence electrons. The van der Waals surface area contributed by atoms with Gasteiger partial charge in [0.2, 0.25) is 0 Å². The highest BCUT2D eigenvalue weighted by atomic mass is 16.5. The Labute approximate surface area is 237 Å². The minimum absolute atomic E-state index is 0.245. The third-order valence-corrected chi connectivity index (χ3v) is 7.53. The summed E-state index contributed by atoms with van der Waals surface area (Å²) in [6, 6.07) is 45.4. The molecule has 1 aliphatic heterocycles. The lowest BCUT2D eigenvalue weighted by Gasteiger charge is -2.13. The van der Waals surface area contributed by atoms with E-state index in [1.807, 2.05) is 60.7 Å². The molecule has 0 bridgehead atoms. The van der Waals surface area contributed by atoms with Gasteiger partial charge in [0.25, 0.3) is 0 Å². The van der Waals surface area contributed by atoms with Crippen molar-refractivity contribution < 1.29 is 4.74 Å². The Morgan fingerprint density at radius 1 is 0.488 bits per heavy atom. The maximum absolute atomic E-state index is 6.50. The highest BCUT2D eigenvalue weighted by Crippen LogP contribution is 2.44. The first-order chi connectivity index (χ1) is 20.3. The second-order valence-corrected chi connectivity index (χ2v) is 10.2. The van der Waals surface area contributed by atoms with Crippen LogP contribution in [0.25, 0.3) is 55.7 Å². The minimum atomic E-state index is -0.245. The fourth-order valence-electron chi connectivity index (χ4n) is 5.43. The Morgan fingerprint density at radius 3 is 1.80 bits per heavy atom. The predicted octanol–water partition coefficient (Wildman–Crippen LogP) is 8.68. The van der Waals surface area contributed by atoms with Crippen molar-refractivity contribution in [3.8, 4) is 39.9 Å². The molecule has 8 rings (SSSR count). The third kappa shape index (κ3) is 4.24. The van der Waals surface area contributed by atoms with Gasteiger partial charge < -0.3 is 10.1 Å². The van der Waals surface area contributed by atoms with Crippen LogP contribution in [-0.2, 0) is 0 Å². The predicted molar refractivity (Wildman–Crippen MR) is 165 cm³/mol. The lowest BCUT2D eigenvalue weighted by atomic mass is 10.0. The zero-order valence-electron chi connectivity index (χ0n) is 22.0. The van der Waals surface area contributed by atoms with Crippen LogP contribution < -0.4 is 10.1 Å². The third-order valence-electron chi connectivity index (χ3n) is 7.53. The summed E-state index contributed by atoms with van der Waals surface area (Å²) in [5.74, 6) is 2.79. The van der Waals surface area contributed by atoms with Gasteiger partial charge in [0.05, 0.1) is 5.69 Å². The van der Waals surface area contributed by atoms with Crippen LogP contribution in [-0.4, -0.2) is 15.0 Å². The van der Waals surface area contributed by atoms with Gasteiger partial charge in [-0.1, -0.05) is 109 Å². The van der Waals surface area contributed by atoms with Crippen LogP contribution in [0.15, 0.2) is 133 Å². The van der Waals surface area contributed by atoms with E-state index in [1.165, 1.54) is 10.8 Å². The van der Waals surface area contributed by atoms with E-state index in [2.05, 4.69) is 78.1 Å². The molecule has 41 heavy (non-hydrogen) atoms. The molecule has 1 aromatic heterocycles. The first-order valence-electron chi connectivity index (χ1n) is 13.6. The van der Waals surface area contributed by atoms with Crippen LogP contribution in [0.4, 0.5) is 5.69 Å². The van der Waals surface area contributed by atoms with Crippen LogP contribution >= 0.6 is 0 Å². The van der Waals surface area contributed by atoms with Crippen LogP contribution in [0.2, 0.25) is 0 Å². The van der Waals surface area contributed by atoms with Crippen molar-refractivity contribution in [3.05, 3.63) is 139 Å². The molecule has 1 unspecified atom stereocenters. The SMILES string of the molecule is c1ccc(-c2nc(-c3ccccc3)nc(-c3ccc4c5c(ccc4c3)NC(c3ccc4ccccc4c3)O5)n2)cc1. The summed E-state index contributed by atoms with van der Waals surface area (Å²) >= 11 is 0. The molecule has 5 heteroatoms. The van der Waals surface area contributed by atoms with Crippen molar-refractivity contribution in [3.63, 3.8) is 0 Å². The van der Waals surface area contributed by atoms with Crippen molar-refractivity contribution >= 4 is 27.2 Å². The molecule has 1 N–H and O–H groups in total. The van der Waals surface area contributed by atoms with Gasteiger partial charge in [0.1, 0.15) is 0 Å². The van der Waals surface area contributed by atoms with Crippen molar-refractivity contribution in [1.82, 2.24) is 15.0 Å². The number of nitrogens with one attached hydrogen (secondary N) is 1. The minimum Gasteiger partial charge on any atom is -0.464 e. The summed E-state index contributed by atoms with van der Waals surface area (Å²) in [7, 11) is 0. The van der Waals surface area contributed by atoms with Gasteiger partial charge in [-0.2, -0.15) is 0 Å². The topological polar surface area (TPSA) is 59.9 Å². The van der Waals surface area contributed by atoms with E-state index in [4.69, 9.17) is 19.7 Å². The molecular formula is C36H24N4O. The maximum Gasteiger partial charge on any atom is 0.196 e. The standard InChI is InChI=1S/C36H24N4O/c1-3-10-24(11-4-1)33-38-34(25-12-5-2-6-13-25)40-35(39-33)28-17-19-30-27(22-28)18-20-31-32(30)41-36(37-31)29-16-15-23-9-7-8-14-26(23)21-29/h1-22,36-37H. The fraction of sp³-hybridized carbons (Fsp3) is 0.0278. The molecule has 0 fully saturated rings. The van der Waals surface area contributed by atoms with Gasteiger partial charge in [-0.05, 0) is 40.4 Å². The van der Waals surface area contributed by atoms with Crippen molar-refractivity contribution in [2.45, 2.75) is 6.23 Å². The summed E-state index contributed by atoms with van der Waals surface area (Å²) in [6.45, 7) is 0. The lowest BCUT2D eigenvalue weighted by molar-refractivity contribution is 0.263. The molecule has 0 amide bonds. The Balaban J connectivity index is 1.18. The average Bonchev–Trinajstić information content (AvgIpc) is 3.50. The Morgan fingerprint density at radius 2 is 1.10 bits per heavy atom. The number of anilines is 1. The highest BCUT2D eigenvalue weighted by Gasteiger charge is 2.25. The molecule has 0 saturated heterocycles. The monoisotopic (exact) mass is 528 g/mol. The molecule has 0 radical (unpaired) electrons. The van der Waals surface area contributed by atoms with E-state index < -0.39 is 0 Å². The first kappa shape index (κ1) is 23.3. The number of hydrogen-bond donors (Lipinski definition) is 1. The summed E-state index contributed by atoms with van der Waals surface area (Å²) in [5, 5.41) is 8.07. The quantitative estimate of drug-likeness (QED) is 0.248. The van der Waals surface area contributed by atoms with Crippen LogP contribution in [0, 0.1) is 0 Å². The number of benzene rings is 6. The van der Waals surface area contributed by atoms with Gasteiger partial charge in [-0.25, -0.2) is 15.0 Å². The first-order valence-corrected chi connectivity index (χ1v) is 13.6. The Bertz CT molecular complexity index is 2000. The molecule has 0 spiro atoms. The van der Waals surface area contributed by atoms with Crippen molar-refractivity contribution in [2.24, 2.45) is 0 Å². The van der Waals surface area contributed by atoms with E-state index >= 15 is 0 Å². The normalized spacial score (nSPS) is 14.0. The molecule has 2 heterocycles. The van der Waals surface area contributed by atoms with E-state index in [9.17, 15) is 0 Å². The second-order valence-electron chi connectivity index (χ2n) is 10.2. The molecule has 1 aliphatic rings. The molecule has 1 atom stereocenters. The molecule has 5 nitrogen and oxygen atoms in total. The number of hydrogen-bond acceptors (Lipinski definition) is 5. The second kappa shape index (κ2) is 9.57. The van der Waals surface area contributed by atoms with E-state index in [0.29, 0.717) is 17.5 Å². The van der Waals surface area contributed by atoms with Crippen LogP contribution in [0.5, 0.6) is 5.75 Å². The lowest BCUT2D eigenvalue weighted by Crippen LogP contribution is -2.09. The number of aromatic nitrogens is 3. The summed E-state index contributed by atoms with van der Waals surface area (Å²) in [5.41, 5.74) is 4.90. The number of nitrogens with zero attached hydrogens (tertiary/aromatic N) is 3. The van der Waals surface area contributed by atoms with E-state index in [1.54, 1.807) is 0 Å². The van der Waals surface area contributed by atoms with E-state index in [0.717, 1.165) is 44.5 Å². The molecule has 0 saturated carbocycles. The van der Waals surface area contributed by atoms with Crippen molar-refractivity contribution in [1.29, 1.82) is 0 Å². The van der Waals surface area contributed by atoms with Gasteiger partial charge in [0, 0.05) is 27.6 Å². The van der Waals surface area contributed by atoms with Crippen LogP contribution in [0.1, 0.15) is 11.8 Å². The Hall–Kier alpha value is -5.55. The average molecular weight is 529 g/mol. The maximum atomic E-state index is 6.50. The Kier molecular flexibility index (Phi) is 5.45. The summed E-state index contributed by atoms with van der Waals surface area (Å²) < 4.78 is 6.50. The van der Waals surface area contributed by atoms with Gasteiger partial charge in [-0.15, -0.1) is 0 Å². The van der Waals surface area contributed by atoms with Crippen molar-refractivity contribution in [2.75, 3.05) is 5.32 Å². The number of fused-ring (bicyclic) bond motifs is 4. The van der Waals surface area contributed by atoms with Gasteiger partial charge in [-0.3, -0.25) is 0 Å². The largest absolute Gasteiger partial charge is 0.464 e. The van der Waals surface area contributed by atoms with Crippen LogP contribution in [0.3, 0.4) is 0 Å². The van der Waals surface area contributed by atoms with E-state index in [-0.39, 0.29) is 6.23 Å². The molecular weight excluding hydrogens is 504 g/mol. The van der Waals surface area contributed by atoms with Gasteiger partial charge >= 0.3 is 0 Å². The smallest absolute Gasteiger partial charge is 0.196 e. The summed E-state index contributed by atoms with van der Waals surface area (Å²) in [6.07, 6.45) is -0.245. The van der Waals surface area contributed by atoms with Gasteiger partial charge in [0.15, 0.2) is 29.5 Å². The molecule has 6 aromatic carbocycles. The number of ether oxygens (including phenoxy) is 1. The number of rotatable bonds is 4. The fourth-order valence-corrected chi connectivity index (χ4v) is 5.43.